The number of hydrogen-bond acceptors (Lipinski definition) is 4. The fourth-order valence-corrected chi connectivity index (χ4v) is 2.51. The lowest BCUT2D eigenvalue weighted by atomic mass is 10.1. The minimum atomic E-state index is -1.01. The van der Waals surface area contributed by atoms with Gasteiger partial charge in [0, 0.05) is 18.7 Å². The number of carbonyl (C=O) groups is 2. The van der Waals surface area contributed by atoms with Gasteiger partial charge in [0.05, 0.1) is 11.1 Å². The van der Waals surface area contributed by atoms with Crippen molar-refractivity contribution in [1.82, 2.24) is 14.7 Å². The van der Waals surface area contributed by atoms with E-state index < -0.39 is 5.97 Å². The van der Waals surface area contributed by atoms with Gasteiger partial charge in [-0.05, 0) is 25.1 Å². The maximum absolute atomic E-state index is 11.1. The van der Waals surface area contributed by atoms with Crippen molar-refractivity contribution < 1.29 is 14.7 Å². The molecule has 3 heterocycles. The van der Waals surface area contributed by atoms with E-state index in [9.17, 15) is 9.59 Å². The zero-order valence-electron chi connectivity index (χ0n) is 10.2. The molecular formula is C13H13N3O3. The third kappa shape index (κ3) is 1.90. The zero-order chi connectivity index (χ0) is 13.4. The number of fused-ring (bicyclic) bond motifs is 1. The Kier molecular flexibility index (Phi) is 2.79. The molecule has 1 unspecified atom stereocenters. The van der Waals surface area contributed by atoms with Gasteiger partial charge in [0.2, 0.25) is 0 Å². The van der Waals surface area contributed by atoms with Gasteiger partial charge in [-0.2, -0.15) is 0 Å². The van der Waals surface area contributed by atoms with Gasteiger partial charge < -0.3 is 14.8 Å². The molecule has 1 atom stereocenters. The molecule has 2 N–H and O–H groups in total. The van der Waals surface area contributed by atoms with Gasteiger partial charge in [-0.15, -0.1) is 0 Å². The molecule has 2 aromatic rings. The van der Waals surface area contributed by atoms with E-state index in [0.29, 0.717) is 17.5 Å². The Morgan fingerprint density at radius 2 is 2.42 bits per heavy atom. The van der Waals surface area contributed by atoms with Crippen molar-refractivity contribution in [2.24, 2.45) is 0 Å². The van der Waals surface area contributed by atoms with E-state index in [4.69, 9.17) is 5.11 Å². The SMILES string of the molecule is O=Cc1nc(C2CCNC2)n2ccc(C(=O)O)cc12. The maximum Gasteiger partial charge on any atom is 0.335 e. The van der Waals surface area contributed by atoms with E-state index in [2.05, 4.69) is 10.3 Å². The topological polar surface area (TPSA) is 83.7 Å². The lowest BCUT2D eigenvalue weighted by molar-refractivity contribution is 0.0696. The van der Waals surface area contributed by atoms with Crippen LogP contribution >= 0.6 is 0 Å². The summed E-state index contributed by atoms with van der Waals surface area (Å²) in [6.45, 7) is 1.77. The summed E-state index contributed by atoms with van der Waals surface area (Å²) in [5.74, 6) is 0.0700. The monoisotopic (exact) mass is 259 g/mol. The molecule has 6 nitrogen and oxygen atoms in total. The summed E-state index contributed by atoms with van der Waals surface area (Å²) < 4.78 is 1.81. The highest BCUT2D eigenvalue weighted by Crippen LogP contribution is 2.24. The van der Waals surface area contributed by atoms with Crippen LogP contribution in [-0.4, -0.2) is 39.8 Å². The van der Waals surface area contributed by atoms with Crippen LogP contribution in [0.2, 0.25) is 0 Å². The van der Waals surface area contributed by atoms with Gasteiger partial charge >= 0.3 is 5.97 Å². The van der Waals surface area contributed by atoms with Crippen LogP contribution in [0, 0.1) is 0 Å². The van der Waals surface area contributed by atoms with E-state index in [1.807, 2.05) is 4.40 Å². The number of carbonyl (C=O) groups excluding carboxylic acids is 1. The normalized spacial score (nSPS) is 18.8. The highest BCUT2D eigenvalue weighted by atomic mass is 16.4. The van der Waals surface area contributed by atoms with Crippen LogP contribution < -0.4 is 5.32 Å². The predicted molar refractivity (Wildman–Crippen MR) is 67.8 cm³/mol. The third-order valence-electron chi connectivity index (χ3n) is 3.48. The second-order valence-electron chi connectivity index (χ2n) is 4.64. The summed E-state index contributed by atoms with van der Waals surface area (Å²) in [7, 11) is 0. The number of aromatic carboxylic acids is 1. The van der Waals surface area contributed by atoms with Crippen LogP contribution in [0.15, 0.2) is 18.3 Å². The average molecular weight is 259 g/mol. The van der Waals surface area contributed by atoms with Crippen LogP contribution in [0.3, 0.4) is 0 Å². The smallest absolute Gasteiger partial charge is 0.335 e. The summed E-state index contributed by atoms with van der Waals surface area (Å²) in [5.41, 5.74) is 1.01. The second-order valence-corrected chi connectivity index (χ2v) is 4.64. The number of aromatic nitrogens is 2. The zero-order valence-corrected chi connectivity index (χ0v) is 10.2. The molecule has 0 saturated carbocycles. The summed E-state index contributed by atoms with van der Waals surface area (Å²) in [6.07, 6.45) is 3.32. The molecule has 1 fully saturated rings. The molecule has 1 saturated heterocycles. The summed E-state index contributed by atoms with van der Waals surface area (Å²) in [4.78, 5) is 26.4. The first-order chi connectivity index (χ1) is 9.20. The van der Waals surface area contributed by atoms with Gasteiger partial charge in [0.1, 0.15) is 11.5 Å². The minimum absolute atomic E-state index is 0.159. The molecule has 3 rings (SSSR count). The summed E-state index contributed by atoms with van der Waals surface area (Å²) in [5, 5.41) is 12.3. The molecule has 0 bridgehead atoms. The lowest BCUT2D eigenvalue weighted by Crippen LogP contribution is -2.10. The lowest BCUT2D eigenvalue weighted by Gasteiger charge is -2.07. The van der Waals surface area contributed by atoms with Crippen molar-refractivity contribution in [3.05, 3.63) is 35.4 Å². The number of imidazole rings is 1. The van der Waals surface area contributed by atoms with Gasteiger partial charge in [-0.25, -0.2) is 9.78 Å². The molecule has 0 amide bonds. The number of pyridine rings is 1. The fourth-order valence-electron chi connectivity index (χ4n) is 2.51. The molecule has 0 aliphatic carbocycles. The third-order valence-corrected chi connectivity index (χ3v) is 3.48. The second kappa shape index (κ2) is 4.47. The van der Waals surface area contributed by atoms with Crippen molar-refractivity contribution in [2.45, 2.75) is 12.3 Å². The summed E-state index contributed by atoms with van der Waals surface area (Å²) >= 11 is 0. The number of carboxylic acids is 1. The number of nitrogens with zero attached hydrogens (tertiary/aromatic N) is 2. The van der Waals surface area contributed by atoms with Gasteiger partial charge in [0.25, 0.3) is 0 Å². The first kappa shape index (κ1) is 11.9. The van der Waals surface area contributed by atoms with Crippen molar-refractivity contribution in [2.75, 3.05) is 13.1 Å². The molecule has 98 valence electrons. The molecule has 2 aromatic heterocycles. The molecule has 19 heavy (non-hydrogen) atoms. The Morgan fingerprint density at radius 1 is 1.58 bits per heavy atom. The molecule has 0 aromatic carbocycles. The first-order valence-electron chi connectivity index (χ1n) is 6.12. The Balaban J connectivity index is 2.19. The standard InChI is InChI=1S/C13H13N3O3/c17-7-10-11-5-8(13(18)19)2-4-16(11)12(15-10)9-1-3-14-6-9/h2,4-5,7,9,14H,1,3,6H2,(H,18,19). The average Bonchev–Trinajstić information content (AvgIpc) is 3.04. The molecule has 0 spiro atoms. The Bertz CT molecular complexity index is 656. The largest absolute Gasteiger partial charge is 0.478 e. The Hall–Kier alpha value is -2.21. The first-order valence-corrected chi connectivity index (χ1v) is 6.12. The Morgan fingerprint density at radius 3 is 3.05 bits per heavy atom. The van der Waals surface area contributed by atoms with Gasteiger partial charge in [-0.1, -0.05) is 0 Å². The van der Waals surface area contributed by atoms with E-state index >= 15 is 0 Å². The number of rotatable bonds is 3. The molecule has 1 aliphatic heterocycles. The van der Waals surface area contributed by atoms with Crippen LogP contribution in [0.1, 0.15) is 39.0 Å². The van der Waals surface area contributed by atoms with Crippen LogP contribution in [-0.2, 0) is 0 Å². The number of hydrogen-bond donors (Lipinski definition) is 2. The number of aldehydes is 1. The minimum Gasteiger partial charge on any atom is -0.478 e. The van der Waals surface area contributed by atoms with Crippen LogP contribution in [0.5, 0.6) is 0 Å². The van der Waals surface area contributed by atoms with Crippen LogP contribution in [0.4, 0.5) is 0 Å². The van der Waals surface area contributed by atoms with E-state index in [0.717, 1.165) is 25.3 Å². The van der Waals surface area contributed by atoms with Crippen molar-refractivity contribution in [1.29, 1.82) is 0 Å². The molecule has 6 heteroatoms. The quantitative estimate of drug-likeness (QED) is 0.801. The highest BCUT2D eigenvalue weighted by Gasteiger charge is 2.23. The maximum atomic E-state index is 11.1. The molecular weight excluding hydrogens is 246 g/mol. The van der Waals surface area contributed by atoms with Crippen LogP contribution in [0.25, 0.3) is 5.52 Å². The number of nitrogens with one attached hydrogen (secondary N) is 1. The van der Waals surface area contributed by atoms with E-state index in [-0.39, 0.29) is 11.5 Å². The van der Waals surface area contributed by atoms with Crippen molar-refractivity contribution >= 4 is 17.8 Å². The van der Waals surface area contributed by atoms with E-state index in [1.165, 1.54) is 12.1 Å². The van der Waals surface area contributed by atoms with Gasteiger partial charge in [-0.3, -0.25) is 4.79 Å². The van der Waals surface area contributed by atoms with Gasteiger partial charge in [0.15, 0.2) is 6.29 Å². The van der Waals surface area contributed by atoms with E-state index in [1.54, 1.807) is 6.20 Å². The Labute approximate surface area is 109 Å². The highest BCUT2D eigenvalue weighted by molar-refractivity contribution is 5.92. The fraction of sp³-hybridized carbons (Fsp3) is 0.308. The van der Waals surface area contributed by atoms with Crippen molar-refractivity contribution in [3.63, 3.8) is 0 Å². The molecule has 0 radical (unpaired) electrons. The number of carboxylic acid groups (broad SMARTS) is 1. The van der Waals surface area contributed by atoms with Crippen molar-refractivity contribution in [3.8, 4) is 0 Å². The molecule has 1 aliphatic rings. The predicted octanol–water partition coefficient (Wildman–Crippen LogP) is 0.922. The summed E-state index contributed by atoms with van der Waals surface area (Å²) in [6, 6.07) is 3.02.